The van der Waals surface area contributed by atoms with E-state index < -0.39 is 0 Å². The highest BCUT2D eigenvalue weighted by molar-refractivity contribution is 7.99. The van der Waals surface area contributed by atoms with Crippen molar-refractivity contribution in [2.45, 2.75) is 48.8 Å². The molecule has 0 amide bonds. The molecule has 2 atom stereocenters. The molecule has 2 aliphatic heterocycles. The highest BCUT2D eigenvalue weighted by Crippen LogP contribution is 2.42. The molecular weight excluding hydrogens is 460 g/mol. The molecule has 2 aromatic heterocycles. The summed E-state index contributed by atoms with van der Waals surface area (Å²) in [7, 11) is 0. The number of aromatic nitrogens is 3. The summed E-state index contributed by atoms with van der Waals surface area (Å²) in [6, 6.07) is 1.94. The van der Waals surface area contributed by atoms with Gasteiger partial charge in [-0.1, -0.05) is 23.4 Å². The molecule has 166 valence electrons. The lowest BCUT2D eigenvalue weighted by molar-refractivity contribution is 0.0974. The Morgan fingerprint density at radius 2 is 1.97 bits per heavy atom. The number of nitrogen functional groups attached to an aromatic ring is 1. The van der Waals surface area contributed by atoms with E-state index in [-0.39, 0.29) is 44.6 Å². The third-order valence-electron chi connectivity index (χ3n) is 5.91. The van der Waals surface area contributed by atoms with Crippen molar-refractivity contribution in [3.63, 3.8) is 0 Å². The van der Waals surface area contributed by atoms with Gasteiger partial charge in [-0.25, -0.2) is 15.0 Å². The van der Waals surface area contributed by atoms with Gasteiger partial charge in [0.1, 0.15) is 16.7 Å². The van der Waals surface area contributed by atoms with Crippen LogP contribution in [0.2, 0.25) is 5.02 Å². The van der Waals surface area contributed by atoms with Crippen molar-refractivity contribution < 1.29 is 4.74 Å². The summed E-state index contributed by atoms with van der Waals surface area (Å²) in [4.78, 5) is 16.5. The maximum absolute atomic E-state index is 6.41. The number of aryl methyl sites for hydroxylation is 1. The molecule has 2 fully saturated rings. The lowest BCUT2D eigenvalue weighted by Crippen LogP contribution is -2.50. The monoisotopic (exact) mass is 488 g/mol. The molecule has 0 aromatic carbocycles. The van der Waals surface area contributed by atoms with Gasteiger partial charge < -0.3 is 21.1 Å². The quantitative estimate of drug-likeness (QED) is 0.679. The maximum atomic E-state index is 6.41. The summed E-state index contributed by atoms with van der Waals surface area (Å²) in [5, 5.41) is 1.26. The Labute approximate surface area is 200 Å². The van der Waals surface area contributed by atoms with Crippen LogP contribution in [0.4, 0.5) is 11.6 Å². The summed E-state index contributed by atoms with van der Waals surface area (Å²) in [5.41, 5.74) is 13.2. The zero-order valence-electron chi connectivity index (χ0n) is 17.1. The van der Waals surface area contributed by atoms with Gasteiger partial charge in [-0.05, 0) is 32.8 Å². The van der Waals surface area contributed by atoms with Gasteiger partial charge in [-0.3, -0.25) is 0 Å². The number of ether oxygens (including phenoxy) is 1. The first-order chi connectivity index (χ1) is 13.4. The van der Waals surface area contributed by atoms with E-state index in [4.69, 9.17) is 32.8 Å². The van der Waals surface area contributed by atoms with Crippen LogP contribution in [0.5, 0.6) is 0 Å². The normalized spacial score (nSPS) is 22.5. The van der Waals surface area contributed by atoms with E-state index in [2.05, 4.69) is 21.8 Å². The Morgan fingerprint density at radius 1 is 1.27 bits per heavy atom. The molecule has 2 saturated heterocycles. The summed E-state index contributed by atoms with van der Waals surface area (Å²) < 4.78 is 5.81. The van der Waals surface area contributed by atoms with Crippen molar-refractivity contribution in [2.75, 3.05) is 30.3 Å². The predicted molar refractivity (Wildman–Crippen MR) is 133 cm³/mol. The first kappa shape index (κ1) is 25.4. The van der Waals surface area contributed by atoms with Crippen molar-refractivity contribution in [3.8, 4) is 0 Å². The number of hydrogen-bond acceptors (Lipinski definition) is 8. The highest BCUT2D eigenvalue weighted by atomic mass is 35.5. The number of rotatable bonds is 3. The number of hydrogen-bond donors (Lipinski definition) is 2. The van der Waals surface area contributed by atoms with Crippen LogP contribution in [-0.2, 0) is 4.74 Å². The Kier molecular flexibility index (Phi) is 8.57. The fourth-order valence-corrected chi connectivity index (χ4v) is 5.05. The van der Waals surface area contributed by atoms with Crippen LogP contribution in [0, 0.1) is 12.3 Å². The lowest BCUT2D eigenvalue weighted by atomic mass is 9.73. The molecule has 0 radical (unpaired) electrons. The third-order valence-corrected chi connectivity index (χ3v) is 7.57. The Balaban J connectivity index is 0.00000160. The second-order valence-electron chi connectivity index (χ2n) is 7.62. The first-order valence-corrected chi connectivity index (χ1v) is 10.6. The van der Waals surface area contributed by atoms with Gasteiger partial charge in [0.2, 0.25) is 0 Å². The zero-order valence-corrected chi connectivity index (χ0v) is 20.6. The van der Waals surface area contributed by atoms with Gasteiger partial charge in [0.05, 0.1) is 29.6 Å². The van der Waals surface area contributed by atoms with Crippen LogP contribution in [0.3, 0.4) is 0 Å². The molecule has 7 nitrogen and oxygen atoms in total. The molecule has 0 bridgehead atoms. The molecular formula is C19H29ClN6OS3. The third kappa shape index (κ3) is 4.78. The molecule has 1 spiro atoms. The molecule has 0 aliphatic carbocycles. The Morgan fingerprint density at radius 3 is 2.57 bits per heavy atom. The van der Waals surface area contributed by atoms with Crippen LogP contribution >= 0.6 is 50.4 Å². The minimum atomic E-state index is 0. The topological polar surface area (TPSA) is 103 Å². The van der Waals surface area contributed by atoms with E-state index in [1.165, 1.54) is 11.8 Å². The molecule has 4 heterocycles. The molecule has 4 rings (SSSR count). The van der Waals surface area contributed by atoms with Gasteiger partial charge in [0, 0.05) is 35.6 Å². The predicted octanol–water partition coefficient (Wildman–Crippen LogP) is 3.13. The standard InChI is InChI=1S/C19H25ClN6OS.2H2S/c1-11-18(28-13-3-6-23-17(22)15(13)20)24-9-14(25-11)26-7-4-19(5-8-26)10-27-12(2)16(19)21;;/h3,6,9,12,16H,4-5,7-8,10,21H2,1-2H3,(H2,22,23);2*1H2/t12-,16+;;/m0../s1. The van der Waals surface area contributed by atoms with E-state index in [1.54, 1.807) is 6.20 Å². The number of piperidine rings is 1. The van der Waals surface area contributed by atoms with Crippen molar-refractivity contribution in [1.82, 2.24) is 15.0 Å². The molecule has 2 aromatic rings. The molecule has 2 aliphatic rings. The highest BCUT2D eigenvalue weighted by Gasteiger charge is 2.47. The zero-order chi connectivity index (χ0) is 19.9. The Bertz CT molecular complexity index is 881. The van der Waals surface area contributed by atoms with E-state index in [0.717, 1.165) is 54.0 Å². The van der Waals surface area contributed by atoms with Gasteiger partial charge in [-0.15, -0.1) is 0 Å². The van der Waals surface area contributed by atoms with Gasteiger partial charge in [0.15, 0.2) is 0 Å². The summed E-state index contributed by atoms with van der Waals surface area (Å²) in [6.07, 6.45) is 5.64. The lowest BCUT2D eigenvalue weighted by Gasteiger charge is -2.41. The Hall–Kier alpha value is -0.910. The average molecular weight is 489 g/mol. The van der Waals surface area contributed by atoms with Gasteiger partial charge in [0.25, 0.3) is 0 Å². The van der Waals surface area contributed by atoms with Crippen LogP contribution in [0.1, 0.15) is 25.5 Å². The van der Waals surface area contributed by atoms with Crippen molar-refractivity contribution in [3.05, 3.63) is 29.2 Å². The van der Waals surface area contributed by atoms with E-state index >= 15 is 0 Å². The summed E-state index contributed by atoms with van der Waals surface area (Å²) in [6.45, 7) is 6.62. The van der Waals surface area contributed by atoms with Crippen LogP contribution < -0.4 is 16.4 Å². The van der Waals surface area contributed by atoms with Crippen LogP contribution in [0.15, 0.2) is 28.4 Å². The molecule has 11 heteroatoms. The smallest absolute Gasteiger partial charge is 0.147 e. The maximum Gasteiger partial charge on any atom is 0.147 e. The number of halogens is 1. The van der Waals surface area contributed by atoms with Crippen LogP contribution in [0.25, 0.3) is 0 Å². The largest absolute Gasteiger partial charge is 0.382 e. The second kappa shape index (κ2) is 10.1. The molecule has 0 unspecified atom stereocenters. The summed E-state index contributed by atoms with van der Waals surface area (Å²) >= 11 is 7.69. The molecule has 4 N–H and O–H groups in total. The average Bonchev–Trinajstić information content (AvgIpc) is 2.96. The fraction of sp³-hybridized carbons (Fsp3) is 0.526. The van der Waals surface area contributed by atoms with Crippen molar-refractivity contribution >= 4 is 62.0 Å². The van der Waals surface area contributed by atoms with Crippen LogP contribution in [-0.4, -0.2) is 46.8 Å². The molecule has 30 heavy (non-hydrogen) atoms. The second-order valence-corrected chi connectivity index (χ2v) is 9.03. The number of pyridine rings is 1. The fourth-order valence-electron chi connectivity index (χ4n) is 3.99. The summed E-state index contributed by atoms with van der Waals surface area (Å²) in [5.74, 6) is 1.22. The van der Waals surface area contributed by atoms with E-state index in [1.807, 2.05) is 19.2 Å². The SMILES string of the molecule is Cc1nc(N2CCC3(CC2)CO[C@@H](C)[C@H]3N)cnc1Sc1ccnc(N)c1Cl.S.S. The number of anilines is 2. The van der Waals surface area contributed by atoms with Crippen molar-refractivity contribution in [1.29, 1.82) is 0 Å². The van der Waals surface area contributed by atoms with E-state index in [0.29, 0.717) is 10.8 Å². The first-order valence-electron chi connectivity index (χ1n) is 9.43. The van der Waals surface area contributed by atoms with Gasteiger partial charge in [-0.2, -0.15) is 27.0 Å². The van der Waals surface area contributed by atoms with E-state index in [9.17, 15) is 0 Å². The number of nitrogens with two attached hydrogens (primary N) is 2. The van der Waals surface area contributed by atoms with Gasteiger partial charge >= 0.3 is 0 Å². The minimum absolute atomic E-state index is 0. The minimum Gasteiger partial charge on any atom is -0.382 e. The molecule has 0 saturated carbocycles. The van der Waals surface area contributed by atoms with Crippen molar-refractivity contribution in [2.24, 2.45) is 11.1 Å². The number of nitrogens with zero attached hydrogens (tertiary/aromatic N) is 4.